The van der Waals surface area contributed by atoms with Gasteiger partial charge < -0.3 is 10.0 Å². The molecule has 3 aromatic rings. The lowest BCUT2D eigenvalue weighted by molar-refractivity contribution is 0.0572. The molecule has 1 aliphatic heterocycles. The van der Waals surface area contributed by atoms with Crippen molar-refractivity contribution in [2.45, 2.75) is 39.3 Å². The number of carbonyl (C=O) groups is 1. The molecule has 1 aromatic heterocycles. The smallest absolute Gasteiger partial charge is 0.257 e. The van der Waals surface area contributed by atoms with Gasteiger partial charge in [-0.3, -0.25) is 9.48 Å². The number of rotatable bonds is 4. The molecule has 1 saturated heterocycles. The lowest BCUT2D eigenvalue weighted by atomic mass is 10.0. The Bertz CT molecular complexity index is 1040. The second-order valence-electron chi connectivity index (χ2n) is 8.35. The molecule has 0 saturated carbocycles. The third-order valence-electron chi connectivity index (χ3n) is 5.70. The van der Waals surface area contributed by atoms with Crippen molar-refractivity contribution < 1.29 is 9.90 Å². The van der Waals surface area contributed by atoms with Crippen LogP contribution in [0.4, 0.5) is 0 Å². The zero-order valence-corrected chi connectivity index (χ0v) is 17.2. The standard InChI is InChI=1S/C24H27N3O2/c1-17-9-10-20(13-18(17)2)22-21(23(28)26-12-11-24(3,29)16-26)15-27(25-22)14-19-7-5-4-6-8-19/h4-10,13,15,29H,11-12,14,16H2,1-3H3. The molecule has 0 bridgehead atoms. The molecule has 1 unspecified atom stereocenters. The van der Waals surface area contributed by atoms with E-state index >= 15 is 0 Å². The second kappa shape index (κ2) is 7.48. The lowest BCUT2D eigenvalue weighted by Gasteiger charge is -2.19. The first-order valence-corrected chi connectivity index (χ1v) is 10.0. The van der Waals surface area contributed by atoms with Crippen molar-refractivity contribution >= 4 is 5.91 Å². The number of nitrogens with zero attached hydrogens (tertiary/aromatic N) is 3. The first-order chi connectivity index (χ1) is 13.8. The molecule has 0 aliphatic carbocycles. The van der Waals surface area contributed by atoms with Gasteiger partial charge in [-0.15, -0.1) is 0 Å². The van der Waals surface area contributed by atoms with Crippen LogP contribution >= 0.6 is 0 Å². The van der Waals surface area contributed by atoms with Crippen LogP contribution in [0.15, 0.2) is 54.7 Å². The predicted molar refractivity (Wildman–Crippen MR) is 114 cm³/mol. The van der Waals surface area contributed by atoms with E-state index in [1.807, 2.05) is 35.1 Å². The van der Waals surface area contributed by atoms with Gasteiger partial charge in [-0.2, -0.15) is 5.10 Å². The summed E-state index contributed by atoms with van der Waals surface area (Å²) in [6.07, 6.45) is 2.43. The average Bonchev–Trinajstić information content (AvgIpc) is 3.27. The maximum atomic E-state index is 13.3. The number of aliphatic hydroxyl groups is 1. The first kappa shape index (κ1) is 19.4. The van der Waals surface area contributed by atoms with Crippen LogP contribution in [0.25, 0.3) is 11.3 Å². The number of amides is 1. The third-order valence-corrected chi connectivity index (χ3v) is 5.70. The summed E-state index contributed by atoms with van der Waals surface area (Å²) in [6.45, 7) is 7.43. The summed E-state index contributed by atoms with van der Waals surface area (Å²) >= 11 is 0. The van der Waals surface area contributed by atoms with Gasteiger partial charge in [-0.05, 0) is 49.9 Å². The van der Waals surface area contributed by atoms with Crippen LogP contribution in [-0.2, 0) is 6.54 Å². The van der Waals surface area contributed by atoms with Crippen LogP contribution in [0.5, 0.6) is 0 Å². The van der Waals surface area contributed by atoms with E-state index in [0.29, 0.717) is 37.3 Å². The Balaban J connectivity index is 1.73. The van der Waals surface area contributed by atoms with Gasteiger partial charge in [-0.1, -0.05) is 42.5 Å². The van der Waals surface area contributed by atoms with Crippen molar-refractivity contribution in [2.24, 2.45) is 0 Å². The summed E-state index contributed by atoms with van der Waals surface area (Å²) in [6, 6.07) is 16.3. The average molecular weight is 389 g/mol. The third kappa shape index (κ3) is 4.10. The van der Waals surface area contributed by atoms with E-state index < -0.39 is 5.60 Å². The Morgan fingerprint density at radius 3 is 2.55 bits per heavy atom. The quantitative estimate of drug-likeness (QED) is 0.738. The summed E-state index contributed by atoms with van der Waals surface area (Å²) in [5.41, 5.74) is 4.90. The van der Waals surface area contributed by atoms with Crippen molar-refractivity contribution in [1.29, 1.82) is 0 Å². The van der Waals surface area contributed by atoms with E-state index in [1.165, 1.54) is 11.1 Å². The van der Waals surface area contributed by atoms with Crippen LogP contribution in [0.1, 0.15) is 40.4 Å². The van der Waals surface area contributed by atoms with Gasteiger partial charge in [-0.25, -0.2) is 0 Å². The van der Waals surface area contributed by atoms with E-state index in [9.17, 15) is 9.90 Å². The minimum absolute atomic E-state index is 0.0738. The molecule has 0 spiro atoms. The van der Waals surface area contributed by atoms with Gasteiger partial charge in [0.05, 0.1) is 17.7 Å². The molecule has 29 heavy (non-hydrogen) atoms. The number of benzene rings is 2. The van der Waals surface area contributed by atoms with Crippen molar-refractivity contribution in [3.8, 4) is 11.3 Å². The van der Waals surface area contributed by atoms with E-state index in [2.05, 4.69) is 38.1 Å². The highest BCUT2D eigenvalue weighted by molar-refractivity contribution is 6.00. The van der Waals surface area contributed by atoms with Crippen molar-refractivity contribution in [2.75, 3.05) is 13.1 Å². The van der Waals surface area contributed by atoms with Crippen molar-refractivity contribution in [3.63, 3.8) is 0 Å². The molecule has 4 rings (SSSR count). The summed E-state index contributed by atoms with van der Waals surface area (Å²) in [5, 5.41) is 15.1. The Labute approximate surface area is 171 Å². The van der Waals surface area contributed by atoms with Crippen LogP contribution < -0.4 is 0 Å². The van der Waals surface area contributed by atoms with Crippen molar-refractivity contribution in [1.82, 2.24) is 14.7 Å². The highest BCUT2D eigenvalue weighted by atomic mass is 16.3. The van der Waals surface area contributed by atoms with Gasteiger partial charge in [0.25, 0.3) is 5.91 Å². The molecule has 2 aromatic carbocycles. The monoisotopic (exact) mass is 389 g/mol. The molecule has 1 N–H and O–H groups in total. The zero-order chi connectivity index (χ0) is 20.6. The fraction of sp³-hybridized carbons (Fsp3) is 0.333. The van der Waals surface area contributed by atoms with E-state index in [1.54, 1.807) is 11.8 Å². The van der Waals surface area contributed by atoms with Gasteiger partial charge in [0.2, 0.25) is 0 Å². The zero-order valence-electron chi connectivity index (χ0n) is 17.2. The van der Waals surface area contributed by atoms with Crippen LogP contribution in [0.3, 0.4) is 0 Å². The number of hydrogen-bond donors (Lipinski definition) is 1. The summed E-state index contributed by atoms with van der Waals surface area (Å²) in [4.78, 5) is 15.0. The molecule has 0 radical (unpaired) electrons. The maximum Gasteiger partial charge on any atom is 0.257 e. The molecule has 2 heterocycles. The first-order valence-electron chi connectivity index (χ1n) is 10.0. The fourth-order valence-corrected chi connectivity index (χ4v) is 3.82. The normalized spacial score (nSPS) is 19.0. The number of aromatic nitrogens is 2. The minimum Gasteiger partial charge on any atom is -0.388 e. The lowest BCUT2D eigenvalue weighted by Crippen LogP contribution is -2.34. The Morgan fingerprint density at radius 1 is 1.14 bits per heavy atom. The Morgan fingerprint density at radius 2 is 1.90 bits per heavy atom. The maximum absolute atomic E-state index is 13.3. The van der Waals surface area contributed by atoms with Gasteiger partial charge in [0.15, 0.2) is 0 Å². The highest BCUT2D eigenvalue weighted by Crippen LogP contribution is 2.28. The molecule has 1 fully saturated rings. The number of carbonyl (C=O) groups excluding carboxylic acids is 1. The van der Waals surface area contributed by atoms with Crippen LogP contribution in [-0.4, -0.2) is 44.4 Å². The highest BCUT2D eigenvalue weighted by Gasteiger charge is 2.35. The van der Waals surface area contributed by atoms with E-state index in [-0.39, 0.29) is 5.91 Å². The van der Waals surface area contributed by atoms with Gasteiger partial charge in [0.1, 0.15) is 5.69 Å². The molecular formula is C24H27N3O2. The molecule has 5 nitrogen and oxygen atoms in total. The van der Waals surface area contributed by atoms with E-state index in [4.69, 9.17) is 5.10 Å². The summed E-state index contributed by atoms with van der Waals surface area (Å²) < 4.78 is 1.83. The predicted octanol–water partition coefficient (Wildman–Crippen LogP) is 3.81. The molecule has 1 atom stereocenters. The molecule has 1 aliphatic rings. The molecule has 1 amide bonds. The summed E-state index contributed by atoms with van der Waals surface area (Å²) in [5.74, 6) is -0.0738. The minimum atomic E-state index is -0.823. The number of β-amino-alcohol motifs (C(OH)–C–C–N with tert-alkyl or cyclic N) is 1. The van der Waals surface area contributed by atoms with Crippen LogP contribution in [0.2, 0.25) is 0 Å². The van der Waals surface area contributed by atoms with Gasteiger partial charge >= 0.3 is 0 Å². The van der Waals surface area contributed by atoms with Crippen molar-refractivity contribution in [3.05, 3.63) is 77.0 Å². The molecule has 5 heteroatoms. The van der Waals surface area contributed by atoms with Gasteiger partial charge in [0, 0.05) is 24.8 Å². The largest absolute Gasteiger partial charge is 0.388 e. The Kier molecular flexibility index (Phi) is 5.01. The van der Waals surface area contributed by atoms with E-state index in [0.717, 1.165) is 11.1 Å². The SMILES string of the molecule is Cc1ccc(-c2nn(Cc3ccccc3)cc2C(=O)N2CCC(C)(O)C2)cc1C. The Hall–Kier alpha value is -2.92. The fourth-order valence-electron chi connectivity index (χ4n) is 3.82. The second-order valence-corrected chi connectivity index (χ2v) is 8.35. The van der Waals surface area contributed by atoms with Crippen LogP contribution in [0, 0.1) is 13.8 Å². The molecule has 150 valence electrons. The summed E-state index contributed by atoms with van der Waals surface area (Å²) in [7, 11) is 0. The number of hydrogen-bond acceptors (Lipinski definition) is 3. The molecular weight excluding hydrogens is 362 g/mol. The number of aryl methyl sites for hydroxylation is 2. The number of likely N-dealkylation sites (tertiary alicyclic amines) is 1. The topological polar surface area (TPSA) is 58.4 Å².